The average Bonchev–Trinajstić information content (AvgIpc) is 3.21. The number of hydrogen-bond donors (Lipinski definition) is 1. The summed E-state index contributed by atoms with van der Waals surface area (Å²) in [6, 6.07) is 3.36. The number of benzene rings is 1. The Morgan fingerprint density at radius 3 is 2.80 bits per heavy atom. The monoisotopic (exact) mass is 351 g/mol. The summed E-state index contributed by atoms with van der Waals surface area (Å²) in [7, 11) is 3.74. The van der Waals surface area contributed by atoms with Gasteiger partial charge in [-0.1, -0.05) is 11.2 Å². The minimum absolute atomic E-state index is 0.00526. The van der Waals surface area contributed by atoms with E-state index >= 15 is 0 Å². The topological polar surface area (TPSA) is 74.5 Å². The SMILES string of the molecule is CN1CCC(N(C)C(=O)NCc2noc(-c3c(F)cccc3F)n2)C1. The Morgan fingerprint density at radius 1 is 1.44 bits per heavy atom. The van der Waals surface area contributed by atoms with Crippen LogP contribution in [0.15, 0.2) is 22.7 Å². The van der Waals surface area contributed by atoms with E-state index in [-0.39, 0.29) is 35.9 Å². The number of aromatic nitrogens is 2. The van der Waals surface area contributed by atoms with Crippen molar-refractivity contribution in [2.75, 3.05) is 27.2 Å². The normalized spacial score (nSPS) is 17.7. The summed E-state index contributed by atoms with van der Waals surface area (Å²) in [5, 5.41) is 6.34. The highest BCUT2D eigenvalue weighted by Crippen LogP contribution is 2.24. The maximum absolute atomic E-state index is 13.7. The van der Waals surface area contributed by atoms with Crippen LogP contribution in [-0.2, 0) is 6.54 Å². The van der Waals surface area contributed by atoms with Crippen molar-refractivity contribution in [2.24, 2.45) is 0 Å². The Labute approximate surface area is 143 Å². The number of likely N-dealkylation sites (N-methyl/N-ethyl adjacent to an activating group) is 2. The van der Waals surface area contributed by atoms with Gasteiger partial charge in [0, 0.05) is 19.6 Å². The molecule has 2 amide bonds. The smallest absolute Gasteiger partial charge is 0.317 e. The van der Waals surface area contributed by atoms with Crippen molar-refractivity contribution in [3.05, 3.63) is 35.7 Å². The molecule has 1 saturated heterocycles. The number of carbonyl (C=O) groups excluding carboxylic acids is 1. The molecule has 0 bridgehead atoms. The van der Waals surface area contributed by atoms with Crippen LogP contribution in [0.2, 0.25) is 0 Å². The van der Waals surface area contributed by atoms with Gasteiger partial charge in [0.05, 0.1) is 6.54 Å². The summed E-state index contributed by atoms with van der Waals surface area (Å²) >= 11 is 0. The van der Waals surface area contributed by atoms with Crippen molar-refractivity contribution >= 4 is 6.03 Å². The van der Waals surface area contributed by atoms with E-state index in [4.69, 9.17) is 4.52 Å². The number of carbonyl (C=O) groups is 1. The minimum Gasteiger partial charge on any atom is -0.334 e. The molecule has 2 heterocycles. The number of likely N-dealkylation sites (tertiary alicyclic amines) is 1. The molecule has 0 radical (unpaired) electrons. The van der Waals surface area contributed by atoms with E-state index in [1.807, 2.05) is 7.05 Å². The number of hydrogen-bond acceptors (Lipinski definition) is 5. The highest BCUT2D eigenvalue weighted by Gasteiger charge is 2.26. The molecule has 9 heteroatoms. The largest absolute Gasteiger partial charge is 0.334 e. The van der Waals surface area contributed by atoms with Gasteiger partial charge in [0.25, 0.3) is 5.89 Å². The van der Waals surface area contributed by atoms with E-state index < -0.39 is 11.6 Å². The zero-order valence-corrected chi connectivity index (χ0v) is 14.0. The molecule has 1 aromatic carbocycles. The maximum atomic E-state index is 13.7. The van der Waals surface area contributed by atoms with Crippen molar-refractivity contribution in [3.8, 4) is 11.5 Å². The molecular weight excluding hydrogens is 332 g/mol. The Balaban J connectivity index is 1.61. The van der Waals surface area contributed by atoms with Gasteiger partial charge in [0.1, 0.15) is 17.2 Å². The van der Waals surface area contributed by atoms with Gasteiger partial charge in [-0.25, -0.2) is 13.6 Å². The van der Waals surface area contributed by atoms with Crippen LogP contribution in [-0.4, -0.2) is 59.2 Å². The Hall–Kier alpha value is -2.55. The van der Waals surface area contributed by atoms with Crippen LogP contribution in [0.1, 0.15) is 12.2 Å². The highest BCUT2D eigenvalue weighted by molar-refractivity contribution is 5.74. The van der Waals surface area contributed by atoms with Crippen molar-refractivity contribution in [1.29, 1.82) is 0 Å². The van der Waals surface area contributed by atoms with Gasteiger partial charge < -0.3 is 19.6 Å². The van der Waals surface area contributed by atoms with Gasteiger partial charge in [-0.05, 0) is 32.1 Å². The Bertz CT molecular complexity index is 746. The third-order valence-corrected chi connectivity index (χ3v) is 4.28. The molecule has 0 aliphatic carbocycles. The zero-order chi connectivity index (χ0) is 18.0. The standard InChI is InChI=1S/C16H19F2N5O2/c1-22-7-6-10(9-22)23(2)16(24)19-8-13-20-15(25-21-13)14-11(17)4-3-5-12(14)18/h3-5,10H,6-9H2,1-2H3,(H,19,24). The fourth-order valence-corrected chi connectivity index (χ4v) is 2.80. The van der Waals surface area contributed by atoms with Crippen LogP contribution in [0.5, 0.6) is 0 Å². The summed E-state index contributed by atoms with van der Waals surface area (Å²) < 4.78 is 32.3. The fraction of sp³-hybridized carbons (Fsp3) is 0.438. The number of amides is 2. The summed E-state index contributed by atoms with van der Waals surface area (Å²) in [6.07, 6.45) is 0.916. The van der Waals surface area contributed by atoms with Crippen LogP contribution in [0.4, 0.5) is 13.6 Å². The van der Waals surface area contributed by atoms with E-state index in [0.717, 1.165) is 31.6 Å². The first-order valence-electron chi connectivity index (χ1n) is 7.92. The molecule has 1 fully saturated rings. The summed E-state index contributed by atoms with van der Waals surface area (Å²) in [5.41, 5.74) is -0.376. The lowest BCUT2D eigenvalue weighted by Gasteiger charge is -2.24. The van der Waals surface area contributed by atoms with Crippen molar-refractivity contribution in [2.45, 2.75) is 19.0 Å². The second kappa shape index (κ2) is 7.14. The number of halogens is 2. The van der Waals surface area contributed by atoms with Crippen LogP contribution >= 0.6 is 0 Å². The third kappa shape index (κ3) is 3.76. The summed E-state index contributed by atoms with van der Waals surface area (Å²) in [4.78, 5) is 19.9. The summed E-state index contributed by atoms with van der Waals surface area (Å²) in [5.74, 6) is -1.69. The van der Waals surface area contributed by atoms with Crippen molar-refractivity contribution < 1.29 is 18.1 Å². The van der Waals surface area contributed by atoms with Gasteiger partial charge >= 0.3 is 6.03 Å². The molecule has 1 unspecified atom stereocenters. The number of nitrogens with one attached hydrogen (secondary N) is 1. The number of nitrogens with zero attached hydrogens (tertiary/aromatic N) is 4. The van der Waals surface area contributed by atoms with Gasteiger partial charge in [-0.2, -0.15) is 4.98 Å². The Morgan fingerprint density at radius 2 is 2.16 bits per heavy atom. The van der Waals surface area contributed by atoms with Gasteiger partial charge in [0.2, 0.25) is 0 Å². The molecule has 1 aromatic heterocycles. The van der Waals surface area contributed by atoms with Gasteiger partial charge in [0.15, 0.2) is 5.82 Å². The quantitative estimate of drug-likeness (QED) is 0.910. The van der Waals surface area contributed by atoms with E-state index in [9.17, 15) is 13.6 Å². The fourth-order valence-electron chi connectivity index (χ4n) is 2.80. The molecule has 1 aliphatic rings. The lowest BCUT2D eigenvalue weighted by Crippen LogP contribution is -2.44. The lowest BCUT2D eigenvalue weighted by atomic mass is 10.2. The third-order valence-electron chi connectivity index (χ3n) is 4.28. The van der Waals surface area contributed by atoms with Crippen LogP contribution in [0, 0.1) is 11.6 Å². The van der Waals surface area contributed by atoms with Crippen LogP contribution in [0.25, 0.3) is 11.5 Å². The van der Waals surface area contributed by atoms with Crippen molar-refractivity contribution in [3.63, 3.8) is 0 Å². The van der Waals surface area contributed by atoms with E-state index in [1.165, 1.54) is 6.07 Å². The summed E-state index contributed by atoms with van der Waals surface area (Å²) in [6.45, 7) is 1.78. The highest BCUT2D eigenvalue weighted by atomic mass is 19.1. The van der Waals surface area contributed by atoms with Crippen molar-refractivity contribution in [1.82, 2.24) is 25.3 Å². The van der Waals surface area contributed by atoms with E-state index in [1.54, 1.807) is 11.9 Å². The van der Waals surface area contributed by atoms with Crippen LogP contribution < -0.4 is 5.32 Å². The predicted octanol–water partition coefficient (Wildman–Crippen LogP) is 1.86. The molecule has 1 atom stereocenters. The second-order valence-corrected chi connectivity index (χ2v) is 6.09. The molecular formula is C16H19F2N5O2. The molecule has 7 nitrogen and oxygen atoms in total. The number of urea groups is 1. The van der Waals surface area contributed by atoms with E-state index in [0.29, 0.717) is 0 Å². The van der Waals surface area contributed by atoms with Gasteiger partial charge in [-0.3, -0.25) is 0 Å². The molecule has 0 saturated carbocycles. The number of rotatable bonds is 4. The van der Waals surface area contributed by atoms with Crippen LogP contribution in [0.3, 0.4) is 0 Å². The first kappa shape index (κ1) is 17.3. The molecule has 1 N–H and O–H groups in total. The second-order valence-electron chi connectivity index (χ2n) is 6.09. The minimum atomic E-state index is -0.788. The first-order chi connectivity index (χ1) is 12.0. The predicted molar refractivity (Wildman–Crippen MR) is 85.6 cm³/mol. The lowest BCUT2D eigenvalue weighted by molar-refractivity contribution is 0.190. The molecule has 3 rings (SSSR count). The average molecular weight is 351 g/mol. The van der Waals surface area contributed by atoms with E-state index in [2.05, 4.69) is 20.4 Å². The molecule has 134 valence electrons. The molecule has 2 aromatic rings. The molecule has 1 aliphatic heterocycles. The van der Waals surface area contributed by atoms with Gasteiger partial charge in [-0.15, -0.1) is 0 Å². The molecule has 25 heavy (non-hydrogen) atoms. The zero-order valence-electron chi connectivity index (χ0n) is 14.0. The maximum Gasteiger partial charge on any atom is 0.317 e. The Kier molecular flexibility index (Phi) is 4.93. The first-order valence-corrected chi connectivity index (χ1v) is 7.92. The molecule has 0 spiro atoms.